The van der Waals surface area contributed by atoms with Gasteiger partial charge in [-0.15, -0.1) is 0 Å². The fraction of sp³-hybridized carbons (Fsp3) is 0.0625. The van der Waals surface area contributed by atoms with Gasteiger partial charge in [-0.05, 0) is 70.3 Å². The van der Waals surface area contributed by atoms with Crippen LogP contribution in [-0.4, -0.2) is 25.5 Å². The number of aromatic hydroxyl groups is 5. The molecule has 5 nitrogen and oxygen atoms in total. The Bertz CT molecular complexity index is 1760. The fourth-order valence-electron chi connectivity index (χ4n) is 5.72. The molecular weight excluding hydrogens is 464 g/mol. The molecular formula is C32H24O5. The molecule has 6 aromatic rings. The predicted molar refractivity (Wildman–Crippen MR) is 146 cm³/mol. The second kappa shape index (κ2) is 8.07. The molecule has 0 saturated carbocycles. The van der Waals surface area contributed by atoms with E-state index < -0.39 is 5.41 Å². The molecule has 0 heterocycles. The Kier molecular flexibility index (Phi) is 4.92. The normalized spacial score (nSPS) is 11.9. The van der Waals surface area contributed by atoms with E-state index in [1.54, 1.807) is 60.7 Å². The highest BCUT2D eigenvalue weighted by Crippen LogP contribution is 2.54. The molecule has 0 fully saturated rings. The van der Waals surface area contributed by atoms with Crippen LogP contribution in [0.25, 0.3) is 32.3 Å². The molecule has 182 valence electrons. The van der Waals surface area contributed by atoms with Gasteiger partial charge >= 0.3 is 0 Å². The van der Waals surface area contributed by atoms with Crippen molar-refractivity contribution in [3.8, 4) is 28.7 Å². The van der Waals surface area contributed by atoms with Crippen LogP contribution >= 0.6 is 0 Å². The lowest BCUT2D eigenvalue weighted by molar-refractivity contribution is 0.434. The fourth-order valence-corrected chi connectivity index (χ4v) is 5.72. The Balaban J connectivity index is 1.84. The summed E-state index contributed by atoms with van der Waals surface area (Å²) in [7, 11) is 0. The molecule has 0 radical (unpaired) electrons. The smallest absolute Gasteiger partial charge is 0.127 e. The monoisotopic (exact) mass is 488 g/mol. The molecule has 0 bridgehead atoms. The Morgan fingerprint density at radius 1 is 0.486 bits per heavy atom. The maximum atomic E-state index is 11.7. The molecule has 5 heteroatoms. The minimum absolute atomic E-state index is 0.0246. The number of phenolic OH excluding ortho intramolecular Hbond substituents is 5. The second-order valence-corrected chi connectivity index (χ2v) is 9.54. The minimum atomic E-state index is -1.27. The van der Waals surface area contributed by atoms with Crippen molar-refractivity contribution in [3.05, 3.63) is 114 Å². The lowest BCUT2D eigenvalue weighted by Crippen LogP contribution is -2.27. The van der Waals surface area contributed by atoms with Gasteiger partial charge in [-0.3, -0.25) is 0 Å². The van der Waals surface area contributed by atoms with Gasteiger partial charge in [0.1, 0.15) is 28.7 Å². The summed E-state index contributed by atoms with van der Waals surface area (Å²) < 4.78 is 0. The van der Waals surface area contributed by atoms with Crippen molar-refractivity contribution in [1.82, 2.24) is 0 Å². The highest BCUT2D eigenvalue weighted by atomic mass is 16.3. The van der Waals surface area contributed by atoms with Crippen LogP contribution in [0.1, 0.15) is 23.6 Å². The van der Waals surface area contributed by atoms with Crippen molar-refractivity contribution in [2.45, 2.75) is 12.3 Å². The van der Waals surface area contributed by atoms with Crippen molar-refractivity contribution < 1.29 is 25.5 Å². The van der Waals surface area contributed by atoms with Gasteiger partial charge in [0.25, 0.3) is 0 Å². The van der Waals surface area contributed by atoms with Gasteiger partial charge in [0.2, 0.25) is 0 Å². The summed E-state index contributed by atoms with van der Waals surface area (Å²) >= 11 is 0. The summed E-state index contributed by atoms with van der Waals surface area (Å²) in [5, 5.41) is 58.9. The molecule has 6 aromatic carbocycles. The molecule has 0 aliphatic rings. The van der Waals surface area contributed by atoms with Crippen LogP contribution in [0.3, 0.4) is 0 Å². The van der Waals surface area contributed by atoms with E-state index in [0.29, 0.717) is 43.6 Å². The Morgan fingerprint density at radius 2 is 1.00 bits per heavy atom. The highest BCUT2D eigenvalue weighted by Gasteiger charge is 2.41. The van der Waals surface area contributed by atoms with E-state index in [0.717, 1.165) is 5.39 Å². The Hall–Kier alpha value is -4.90. The average molecular weight is 489 g/mol. The number of benzene rings is 6. The maximum Gasteiger partial charge on any atom is 0.127 e. The van der Waals surface area contributed by atoms with E-state index in [1.807, 2.05) is 43.3 Å². The zero-order valence-electron chi connectivity index (χ0n) is 20.0. The summed E-state index contributed by atoms with van der Waals surface area (Å²) in [5.74, 6) is 0.156. The molecule has 0 unspecified atom stereocenters. The molecule has 6 rings (SSSR count). The summed E-state index contributed by atoms with van der Waals surface area (Å²) in [6, 6.07) is 27.5. The molecule has 0 atom stereocenters. The molecule has 0 aromatic heterocycles. The molecule has 0 aliphatic carbocycles. The third-order valence-electron chi connectivity index (χ3n) is 7.40. The predicted octanol–water partition coefficient (Wildman–Crippen LogP) is 7.03. The first-order chi connectivity index (χ1) is 17.8. The second-order valence-electron chi connectivity index (χ2n) is 9.54. The van der Waals surface area contributed by atoms with Gasteiger partial charge in [-0.1, -0.05) is 60.7 Å². The van der Waals surface area contributed by atoms with E-state index >= 15 is 0 Å². The van der Waals surface area contributed by atoms with Gasteiger partial charge in [0, 0.05) is 22.1 Å². The van der Waals surface area contributed by atoms with Crippen LogP contribution in [-0.2, 0) is 5.41 Å². The number of phenols is 5. The van der Waals surface area contributed by atoms with Gasteiger partial charge in [0.15, 0.2) is 0 Å². The first-order valence-electron chi connectivity index (χ1n) is 11.9. The first kappa shape index (κ1) is 22.6. The van der Waals surface area contributed by atoms with Crippen LogP contribution in [0.5, 0.6) is 28.7 Å². The van der Waals surface area contributed by atoms with Gasteiger partial charge < -0.3 is 25.5 Å². The summed E-state index contributed by atoms with van der Waals surface area (Å²) in [5.41, 5.74) is 0.144. The highest BCUT2D eigenvalue weighted by molar-refractivity contribution is 5.97. The Labute approximate surface area is 212 Å². The van der Waals surface area contributed by atoms with Crippen LogP contribution in [0.2, 0.25) is 0 Å². The minimum Gasteiger partial charge on any atom is -0.508 e. The van der Waals surface area contributed by atoms with Gasteiger partial charge in [-0.25, -0.2) is 0 Å². The first-order valence-corrected chi connectivity index (χ1v) is 11.9. The van der Waals surface area contributed by atoms with Gasteiger partial charge in [-0.2, -0.15) is 0 Å². The SMILES string of the molecule is CC(c1ccc2ccccc2c1O)(c1c(O)ccc2cc(O)ccc12)c1c(O)ccc2cc(O)ccc12. The van der Waals surface area contributed by atoms with E-state index in [-0.39, 0.29) is 28.7 Å². The standard InChI is InChI=1S/C32H24O5/c1-32(26-13-6-18-4-2-3-5-25(18)31(26)37,29-23-11-9-21(33)16-19(23)7-14-27(29)35)30-24-12-10-22(34)17-20(24)8-15-28(30)36/h2-17,33-37H,1H3. The summed E-state index contributed by atoms with van der Waals surface area (Å²) in [6.45, 7) is 1.86. The molecule has 0 amide bonds. The number of rotatable bonds is 3. The van der Waals surface area contributed by atoms with E-state index in [9.17, 15) is 25.5 Å². The van der Waals surface area contributed by atoms with Gasteiger partial charge in [0.05, 0.1) is 5.41 Å². The third-order valence-corrected chi connectivity index (χ3v) is 7.40. The zero-order chi connectivity index (χ0) is 25.9. The van der Waals surface area contributed by atoms with Crippen molar-refractivity contribution in [2.24, 2.45) is 0 Å². The number of fused-ring (bicyclic) bond motifs is 3. The summed E-state index contributed by atoms with van der Waals surface area (Å²) in [6.07, 6.45) is 0. The molecule has 37 heavy (non-hydrogen) atoms. The topological polar surface area (TPSA) is 101 Å². The zero-order valence-corrected chi connectivity index (χ0v) is 20.0. The van der Waals surface area contributed by atoms with Crippen LogP contribution < -0.4 is 0 Å². The molecule has 0 spiro atoms. The molecule has 5 N–H and O–H groups in total. The molecule has 0 aliphatic heterocycles. The number of hydrogen-bond acceptors (Lipinski definition) is 5. The van der Waals surface area contributed by atoms with E-state index in [1.165, 1.54) is 0 Å². The van der Waals surface area contributed by atoms with E-state index in [2.05, 4.69) is 0 Å². The largest absolute Gasteiger partial charge is 0.508 e. The maximum absolute atomic E-state index is 11.7. The van der Waals surface area contributed by atoms with Crippen molar-refractivity contribution in [1.29, 1.82) is 0 Å². The van der Waals surface area contributed by atoms with Crippen LogP contribution in [0, 0.1) is 0 Å². The van der Waals surface area contributed by atoms with Crippen molar-refractivity contribution in [3.63, 3.8) is 0 Å². The quantitative estimate of drug-likeness (QED) is 0.172. The van der Waals surface area contributed by atoms with Crippen molar-refractivity contribution in [2.75, 3.05) is 0 Å². The van der Waals surface area contributed by atoms with Crippen LogP contribution in [0.4, 0.5) is 0 Å². The summed E-state index contributed by atoms with van der Waals surface area (Å²) in [4.78, 5) is 0. The lowest BCUT2D eigenvalue weighted by Gasteiger charge is -2.35. The number of hydrogen-bond donors (Lipinski definition) is 5. The average Bonchev–Trinajstić information content (AvgIpc) is 2.89. The lowest BCUT2D eigenvalue weighted by atomic mass is 9.67. The Morgan fingerprint density at radius 3 is 1.57 bits per heavy atom. The van der Waals surface area contributed by atoms with E-state index in [4.69, 9.17) is 0 Å². The third kappa shape index (κ3) is 3.32. The van der Waals surface area contributed by atoms with Crippen LogP contribution in [0.15, 0.2) is 97.1 Å². The molecule has 0 saturated heterocycles. The van der Waals surface area contributed by atoms with Crippen molar-refractivity contribution >= 4 is 32.3 Å².